The van der Waals surface area contributed by atoms with Gasteiger partial charge in [-0.1, -0.05) is 30.3 Å². The van der Waals surface area contributed by atoms with Gasteiger partial charge in [-0.05, 0) is 67.4 Å². The second-order valence-electron chi connectivity index (χ2n) is 6.17. The molecule has 4 heteroatoms. The molecule has 0 fully saturated rings. The highest BCUT2D eigenvalue weighted by molar-refractivity contribution is 6.07. The molecule has 0 spiro atoms. The summed E-state index contributed by atoms with van der Waals surface area (Å²) in [4.78, 5) is 24.7. The Kier molecular flexibility index (Phi) is 5.13. The monoisotopic (exact) mass is 344 g/mol. The van der Waals surface area contributed by atoms with Crippen molar-refractivity contribution in [3.05, 3.63) is 95.1 Å². The second-order valence-corrected chi connectivity index (χ2v) is 6.17. The van der Waals surface area contributed by atoms with Gasteiger partial charge in [0.25, 0.3) is 11.8 Å². The first-order valence-electron chi connectivity index (χ1n) is 8.38. The zero-order chi connectivity index (χ0) is 18.5. The minimum Gasteiger partial charge on any atom is -0.322 e. The first-order chi connectivity index (χ1) is 12.5. The summed E-state index contributed by atoms with van der Waals surface area (Å²) in [6.07, 6.45) is 0. The number of carbonyl (C=O) groups is 2. The lowest BCUT2D eigenvalue weighted by Crippen LogP contribution is -2.14. The predicted octanol–water partition coefficient (Wildman–Crippen LogP) is 4.81. The highest BCUT2D eigenvalue weighted by Crippen LogP contribution is 2.18. The molecule has 3 aromatic rings. The van der Waals surface area contributed by atoms with E-state index in [1.165, 1.54) is 0 Å². The lowest BCUT2D eigenvalue weighted by molar-refractivity contribution is 0.101. The predicted molar refractivity (Wildman–Crippen MR) is 105 cm³/mol. The number of rotatable bonds is 4. The molecule has 0 bridgehead atoms. The van der Waals surface area contributed by atoms with Gasteiger partial charge in [0.05, 0.1) is 0 Å². The number of hydrogen-bond acceptors (Lipinski definition) is 2. The molecule has 0 aliphatic rings. The summed E-state index contributed by atoms with van der Waals surface area (Å²) in [5, 5.41) is 5.74. The summed E-state index contributed by atoms with van der Waals surface area (Å²) >= 11 is 0. The summed E-state index contributed by atoms with van der Waals surface area (Å²) in [5.74, 6) is -0.411. The first-order valence-corrected chi connectivity index (χ1v) is 8.38. The fourth-order valence-corrected chi connectivity index (χ4v) is 2.56. The summed E-state index contributed by atoms with van der Waals surface area (Å²) in [6, 6.07) is 21.8. The molecule has 0 saturated heterocycles. The van der Waals surface area contributed by atoms with Crippen LogP contribution in [-0.2, 0) is 0 Å². The van der Waals surface area contributed by atoms with Gasteiger partial charge in [0, 0.05) is 22.5 Å². The zero-order valence-electron chi connectivity index (χ0n) is 14.7. The molecule has 0 saturated carbocycles. The standard InChI is InChI=1S/C22H20N2O2/c1-15-8-9-16(2)20(14-15)24-22(26)18-12-10-17(11-13-18)21(25)23-19-6-4-3-5-7-19/h3-14H,1-2H3,(H,23,25)(H,24,26). The maximum atomic E-state index is 12.4. The normalized spacial score (nSPS) is 10.2. The molecule has 4 nitrogen and oxygen atoms in total. The second kappa shape index (κ2) is 7.66. The van der Waals surface area contributed by atoms with E-state index in [4.69, 9.17) is 0 Å². The Morgan fingerprint density at radius 1 is 0.692 bits per heavy atom. The number of amides is 2. The number of benzene rings is 3. The van der Waals surface area contributed by atoms with Crippen molar-refractivity contribution in [3.63, 3.8) is 0 Å². The minimum absolute atomic E-state index is 0.200. The van der Waals surface area contributed by atoms with Crippen LogP contribution < -0.4 is 10.6 Å². The van der Waals surface area contributed by atoms with Crippen LogP contribution >= 0.6 is 0 Å². The fourth-order valence-electron chi connectivity index (χ4n) is 2.56. The van der Waals surface area contributed by atoms with E-state index in [0.717, 1.165) is 22.5 Å². The van der Waals surface area contributed by atoms with Crippen LogP contribution in [0.3, 0.4) is 0 Å². The number of para-hydroxylation sites is 1. The smallest absolute Gasteiger partial charge is 0.255 e. The Morgan fingerprint density at radius 2 is 1.27 bits per heavy atom. The third-order valence-electron chi connectivity index (χ3n) is 4.08. The van der Waals surface area contributed by atoms with Crippen LogP contribution in [0.1, 0.15) is 31.8 Å². The van der Waals surface area contributed by atoms with Gasteiger partial charge in [-0.15, -0.1) is 0 Å². The first kappa shape index (κ1) is 17.4. The Bertz CT molecular complexity index is 932. The topological polar surface area (TPSA) is 58.2 Å². The lowest BCUT2D eigenvalue weighted by Gasteiger charge is -2.10. The van der Waals surface area contributed by atoms with Crippen molar-refractivity contribution in [1.82, 2.24) is 0 Å². The Hall–Kier alpha value is -3.40. The van der Waals surface area contributed by atoms with Crippen LogP contribution in [0, 0.1) is 13.8 Å². The molecular formula is C22H20N2O2. The quantitative estimate of drug-likeness (QED) is 0.714. The molecule has 3 rings (SSSR count). The third-order valence-corrected chi connectivity index (χ3v) is 4.08. The van der Waals surface area contributed by atoms with Crippen molar-refractivity contribution in [3.8, 4) is 0 Å². The molecule has 0 atom stereocenters. The van der Waals surface area contributed by atoms with Gasteiger partial charge in [-0.2, -0.15) is 0 Å². The van der Waals surface area contributed by atoms with Gasteiger partial charge >= 0.3 is 0 Å². The summed E-state index contributed by atoms with van der Waals surface area (Å²) in [6.45, 7) is 3.93. The molecule has 0 aliphatic carbocycles. The summed E-state index contributed by atoms with van der Waals surface area (Å²) in [7, 11) is 0. The van der Waals surface area contributed by atoms with Gasteiger partial charge in [-0.3, -0.25) is 9.59 Å². The Labute approximate surface area is 152 Å². The zero-order valence-corrected chi connectivity index (χ0v) is 14.7. The molecule has 2 N–H and O–H groups in total. The molecule has 3 aromatic carbocycles. The molecular weight excluding hydrogens is 324 g/mol. The van der Waals surface area contributed by atoms with Crippen molar-refractivity contribution in [2.75, 3.05) is 10.6 Å². The Morgan fingerprint density at radius 3 is 1.88 bits per heavy atom. The van der Waals surface area contributed by atoms with Crippen LogP contribution in [-0.4, -0.2) is 11.8 Å². The van der Waals surface area contributed by atoms with E-state index in [0.29, 0.717) is 11.1 Å². The van der Waals surface area contributed by atoms with Crippen molar-refractivity contribution in [2.24, 2.45) is 0 Å². The molecule has 2 amide bonds. The van der Waals surface area contributed by atoms with Gasteiger partial charge in [-0.25, -0.2) is 0 Å². The number of aryl methyl sites for hydroxylation is 2. The maximum absolute atomic E-state index is 12.4. The molecule has 0 heterocycles. The van der Waals surface area contributed by atoms with Gasteiger partial charge in [0.15, 0.2) is 0 Å². The van der Waals surface area contributed by atoms with E-state index in [-0.39, 0.29) is 11.8 Å². The Balaban J connectivity index is 1.69. The fraction of sp³-hybridized carbons (Fsp3) is 0.0909. The van der Waals surface area contributed by atoms with Crippen molar-refractivity contribution in [1.29, 1.82) is 0 Å². The van der Waals surface area contributed by atoms with E-state index >= 15 is 0 Å². The molecule has 0 radical (unpaired) electrons. The average molecular weight is 344 g/mol. The van der Waals surface area contributed by atoms with E-state index in [2.05, 4.69) is 10.6 Å². The summed E-state index contributed by atoms with van der Waals surface area (Å²) in [5.41, 5.74) is 4.61. The van der Waals surface area contributed by atoms with Gasteiger partial charge < -0.3 is 10.6 Å². The highest BCUT2D eigenvalue weighted by Gasteiger charge is 2.10. The number of anilines is 2. The highest BCUT2D eigenvalue weighted by atomic mass is 16.2. The van der Waals surface area contributed by atoms with E-state index < -0.39 is 0 Å². The van der Waals surface area contributed by atoms with Crippen LogP contribution in [0.5, 0.6) is 0 Å². The van der Waals surface area contributed by atoms with Crippen LogP contribution in [0.2, 0.25) is 0 Å². The number of nitrogens with one attached hydrogen (secondary N) is 2. The van der Waals surface area contributed by atoms with Crippen molar-refractivity contribution < 1.29 is 9.59 Å². The number of carbonyl (C=O) groups excluding carboxylic acids is 2. The van der Waals surface area contributed by atoms with E-state index in [1.54, 1.807) is 24.3 Å². The van der Waals surface area contributed by atoms with Crippen LogP contribution in [0.15, 0.2) is 72.8 Å². The average Bonchev–Trinajstić information content (AvgIpc) is 2.65. The van der Waals surface area contributed by atoms with Gasteiger partial charge in [0.1, 0.15) is 0 Å². The van der Waals surface area contributed by atoms with Crippen molar-refractivity contribution in [2.45, 2.75) is 13.8 Å². The van der Waals surface area contributed by atoms with E-state index in [1.807, 2.05) is 62.4 Å². The molecule has 130 valence electrons. The maximum Gasteiger partial charge on any atom is 0.255 e. The molecule has 0 aromatic heterocycles. The van der Waals surface area contributed by atoms with Crippen molar-refractivity contribution >= 4 is 23.2 Å². The lowest BCUT2D eigenvalue weighted by atomic mass is 10.1. The molecule has 0 aliphatic heterocycles. The minimum atomic E-state index is -0.210. The van der Waals surface area contributed by atoms with E-state index in [9.17, 15) is 9.59 Å². The van der Waals surface area contributed by atoms with Gasteiger partial charge in [0.2, 0.25) is 0 Å². The molecule has 0 unspecified atom stereocenters. The number of hydrogen-bond donors (Lipinski definition) is 2. The SMILES string of the molecule is Cc1ccc(C)c(NC(=O)c2ccc(C(=O)Nc3ccccc3)cc2)c1. The third kappa shape index (κ3) is 4.16. The van der Waals surface area contributed by atoms with Crippen LogP contribution in [0.25, 0.3) is 0 Å². The van der Waals surface area contributed by atoms with Crippen LogP contribution in [0.4, 0.5) is 11.4 Å². The molecule has 26 heavy (non-hydrogen) atoms. The summed E-state index contributed by atoms with van der Waals surface area (Å²) < 4.78 is 0. The largest absolute Gasteiger partial charge is 0.322 e.